The van der Waals surface area contributed by atoms with Gasteiger partial charge in [-0.25, -0.2) is 9.97 Å². The fourth-order valence-electron chi connectivity index (χ4n) is 2.50. The third kappa shape index (κ3) is 4.69. The van der Waals surface area contributed by atoms with Crippen molar-refractivity contribution in [2.45, 2.75) is 6.54 Å². The van der Waals surface area contributed by atoms with E-state index in [1.807, 2.05) is 18.2 Å². The Morgan fingerprint density at radius 1 is 1.07 bits per heavy atom. The first kappa shape index (κ1) is 19.4. The average Bonchev–Trinajstić information content (AvgIpc) is 2.73. The molecular weight excluding hydrogens is 380 g/mol. The Bertz CT molecular complexity index is 981. The summed E-state index contributed by atoms with van der Waals surface area (Å²) in [6.45, 7) is 0.306. The standard InChI is InChI=1S/C20H19ClN4O3/c1-27-17-8-7-14(11-18(17)28-2)24-20-22-10-9-16(25-20)19(26)23-12-13-5-3-4-6-15(13)21/h3-11H,12H2,1-2H3,(H,23,26)(H,22,24,25). The molecule has 0 aliphatic heterocycles. The Kier molecular flexibility index (Phi) is 6.29. The zero-order chi connectivity index (χ0) is 19.9. The Morgan fingerprint density at radius 3 is 2.61 bits per heavy atom. The molecule has 1 amide bonds. The van der Waals surface area contributed by atoms with Crippen LogP contribution in [0.4, 0.5) is 11.6 Å². The van der Waals surface area contributed by atoms with Crippen molar-refractivity contribution in [1.29, 1.82) is 0 Å². The maximum absolute atomic E-state index is 12.4. The predicted molar refractivity (Wildman–Crippen MR) is 107 cm³/mol. The minimum absolute atomic E-state index is 0.241. The van der Waals surface area contributed by atoms with Gasteiger partial charge in [0, 0.05) is 29.5 Å². The van der Waals surface area contributed by atoms with Crippen LogP contribution in [-0.4, -0.2) is 30.1 Å². The summed E-state index contributed by atoms with van der Waals surface area (Å²) in [7, 11) is 3.13. The number of amides is 1. The molecule has 0 saturated heterocycles. The average molecular weight is 399 g/mol. The Labute approximate surface area is 167 Å². The van der Waals surface area contributed by atoms with Gasteiger partial charge in [0.25, 0.3) is 5.91 Å². The van der Waals surface area contributed by atoms with E-state index in [4.69, 9.17) is 21.1 Å². The van der Waals surface area contributed by atoms with Crippen LogP contribution in [0, 0.1) is 0 Å². The second-order valence-corrected chi connectivity index (χ2v) is 6.14. The summed E-state index contributed by atoms with van der Waals surface area (Å²) < 4.78 is 10.5. The zero-order valence-corrected chi connectivity index (χ0v) is 16.2. The summed E-state index contributed by atoms with van der Waals surface area (Å²) in [6.07, 6.45) is 1.51. The molecule has 28 heavy (non-hydrogen) atoms. The second-order valence-electron chi connectivity index (χ2n) is 5.73. The van der Waals surface area contributed by atoms with Crippen LogP contribution in [0.5, 0.6) is 11.5 Å². The first-order valence-corrected chi connectivity index (χ1v) is 8.82. The van der Waals surface area contributed by atoms with Gasteiger partial charge in [0.1, 0.15) is 5.69 Å². The lowest BCUT2D eigenvalue weighted by molar-refractivity contribution is 0.0946. The molecule has 7 nitrogen and oxygen atoms in total. The van der Waals surface area contributed by atoms with E-state index in [2.05, 4.69) is 20.6 Å². The first-order chi connectivity index (χ1) is 13.6. The maximum Gasteiger partial charge on any atom is 0.270 e. The second kappa shape index (κ2) is 9.05. The molecule has 3 rings (SSSR count). The van der Waals surface area contributed by atoms with Gasteiger partial charge in [-0.2, -0.15) is 0 Å². The number of rotatable bonds is 7. The van der Waals surface area contributed by atoms with Crippen molar-refractivity contribution in [3.8, 4) is 11.5 Å². The SMILES string of the molecule is COc1ccc(Nc2nccc(C(=O)NCc3ccccc3Cl)n2)cc1OC. The molecule has 0 atom stereocenters. The number of carbonyl (C=O) groups excluding carboxylic acids is 1. The molecule has 0 bridgehead atoms. The van der Waals surface area contributed by atoms with E-state index in [1.54, 1.807) is 44.6 Å². The minimum Gasteiger partial charge on any atom is -0.493 e. The number of ether oxygens (including phenoxy) is 2. The quantitative estimate of drug-likeness (QED) is 0.629. The van der Waals surface area contributed by atoms with E-state index in [1.165, 1.54) is 6.20 Å². The summed E-state index contributed by atoms with van der Waals surface area (Å²) in [4.78, 5) is 20.8. The lowest BCUT2D eigenvalue weighted by atomic mass is 10.2. The third-order valence-electron chi connectivity index (χ3n) is 3.93. The highest BCUT2D eigenvalue weighted by Gasteiger charge is 2.11. The smallest absolute Gasteiger partial charge is 0.270 e. The summed E-state index contributed by atoms with van der Waals surface area (Å²) in [6, 6.07) is 14.2. The molecule has 0 aliphatic carbocycles. The molecule has 0 fully saturated rings. The van der Waals surface area contributed by atoms with Crippen LogP contribution >= 0.6 is 11.6 Å². The molecule has 2 N–H and O–H groups in total. The molecule has 144 valence electrons. The van der Waals surface area contributed by atoms with Gasteiger partial charge >= 0.3 is 0 Å². The number of hydrogen-bond donors (Lipinski definition) is 2. The summed E-state index contributed by atoms with van der Waals surface area (Å²) in [5.74, 6) is 1.15. The maximum atomic E-state index is 12.4. The van der Waals surface area contributed by atoms with E-state index in [-0.39, 0.29) is 17.5 Å². The lowest BCUT2D eigenvalue weighted by Gasteiger charge is -2.11. The van der Waals surface area contributed by atoms with Crippen molar-refractivity contribution in [2.75, 3.05) is 19.5 Å². The van der Waals surface area contributed by atoms with Crippen LogP contribution in [0.3, 0.4) is 0 Å². The van der Waals surface area contributed by atoms with Gasteiger partial charge < -0.3 is 20.1 Å². The molecular formula is C20H19ClN4O3. The number of nitrogens with zero attached hydrogens (tertiary/aromatic N) is 2. The number of methoxy groups -OCH3 is 2. The van der Waals surface area contributed by atoms with Crippen LogP contribution in [0.1, 0.15) is 16.1 Å². The third-order valence-corrected chi connectivity index (χ3v) is 4.29. The Balaban J connectivity index is 1.70. The van der Waals surface area contributed by atoms with Gasteiger partial charge in [-0.1, -0.05) is 29.8 Å². The van der Waals surface area contributed by atoms with Gasteiger partial charge in [0.15, 0.2) is 11.5 Å². The van der Waals surface area contributed by atoms with Crippen LogP contribution in [0.2, 0.25) is 5.02 Å². The number of halogens is 1. The molecule has 1 aromatic heterocycles. The molecule has 1 heterocycles. The minimum atomic E-state index is -0.322. The lowest BCUT2D eigenvalue weighted by Crippen LogP contribution is -2.24. The highest BCUT2D eigenvalue weighted by molar-refractivity contribution is 6.31. The number of aromatic nitrogens is 2. The molecule has 3 aromatic rings. The van der Waals surface area contributed by atoms with E-state index in [0.29, 0.717) is 28.8 Å². The number of anilines is 2. The van der Waals surface area contributed by atoms with Crippen LogP contribution < -0.4 is 20.1 Å². The predicted octanol–water partition coefficient (Wildman–Crippen LogP) is 3.82. The van der Waals surface area contributed by atoms with Gasteiger partial charge in [-0.15, -0.1) is 0 Å². The van der Waals surface area contributed by atoms with Gasteiger partial charge in [0.05, 0.1) is 14.2 Å². The van der Waals surface area contributed by atoms with Crippen molar-refractivity contribution in [2.24, 2.45) is 0 Å². The van der Waals surface area contributed by atoms with E-state index in [9.17, 15) is 4.79 Å². The molecule has 0 unspecified atom stereocenters. The summed E-state index contributed by atoms with van der Waals surface area (Å²) >= 11 is 6.11. The topological polar surface area (TPSA) is 85.4 Å². The molecule has 0 saturated carbocycles. The zero-order valence-electron chi connectivity index (χ0n) is 15.4. The normalized spacial score (nSPS) is 10.2. The first-order valence-electron chi connectivity index (χ1n) is 8.44. The fraction of sp³-hybridized carbons (Fsp3) is 0.150. The highest BCUT2D eigenvalue weighted by atomic mass is 35.5. The number of nitrogens with one attached hydrogen (secondary N) is 2. The molecule has 8 heteroatoms. The largest absolute Gasteiger partial charge is 0.493 e. The number of carbonyl (C=O) groups is 1. The molecule has 0 aliphatic rings. The fourth-order valence-corrected chi connectivity index (χ4v) is 2.70. The van der Waals surface area contributed by atoms with Crippen molar-refractivity contribution in [3.63, 3.8) is 0 Å². The summed E-state index contributed by atoms with van der Waals surface area (Å²) in [5.41, 5.74) is 1.77. The van der Waals surface area contributed by atoms with E-state index < -0.39 is 0 Å². The highest BCUT2D eigenvalue weighted by Crippen LogP contribution is 2.30. The van der Waals surface area contributed by atoms with Crippen LogP contribution in [0.25, 0.3) is 0 Å². The number of hydrogen-bond acceptors (Lipinski definition) is 6. The van der Waals surface area contributed by atoms with Crippen LogP contribution in [-0.2, 0) is 6.54 Å². The van der Waals surface area contributed by atoms with Gasteiger partial charge in [-0.05, 0) is 29.8 Å². The Hall–Kier alpha value is -3.32. The van der Waals surface area contributed by atoms with Crippen molar-refractivity contribution >= 4 is 29.1 Å². The van der Waals surface area contributed by atoms with Crippen molar-refractivity contribution in [1.82, 2.24) is 15.3 Å². The Morgan fingerprint density at radius 2 is 1.86 bits per heavy atom. The van der Waals surface area contributed by atoms with Crippen molar-refractivity contribution < 1.29 is 14.3 Å². The molecule has 0 spiro atoms. The van der Waals surface area contributed by atoms with E-state index >= 15 is 0 Å². The molecule has 2 aromatic carbocycles. The van der Waals surface area contributed by atoms with Crippen molar-refractivity contribution in [3.05, 3.63) is 71.0 Å². The monoisotopic (exact) mass is 398 g/mol. The number of benzene rings is 2. The van der Waals surface area contributed by atoms with Crippen LogP contribution in [0.15, 0.2) is 54.7 Å². The molecule has 0 radical (unpaired) electrons. The summed E-state index contributed by atoms with van der Waals surface area (Å²) in [5, 5.41) is 6.45. The van der Waals surface area contributed by atoms with Gasteiger partial charge in [0.2, 0.25) is 5.95 Å². The van der Waals surface area contributed by atoms with E-state index in [0.717, 1.165) is 5.56 Å². The van der Waals surface area contributed by atoms with Gasteiger partial charge in [-0.3, -0.25) is 4.79 Å².